The second kappa shape index (κ2) is 9.27. The molecule has 2 amide bonds. The molecule has 0 saturated carbocycles. The minimum absolute atomic E-state index is 0.166. The Hall–Kier alpha value is -1.00. The summed E-state index contributed by atoms with van der Waals surface area (Å²) in [7, 11) is -0.194. The van der Waals surface area contributed by atoms with Crippen LogP contribution in [0.25, 0.3) is 0 Å². The van der Waals surface area contributed by atoms with Gasteiger partial charge in [-0.15, -0.1) is 0 Å². The van der Waals surface area contributed by atoms with E-state index < -0.39 is 54.5 Å². The van der Waals surface area contributed by atoms with Crippen LogP contribution in [0.2, 0.25) is 0 Å². The van der Waals surface area contributed by atoms with Gasteiger partial charge >= 0.3 is 30.0 Å². The van der Waals surface area contributed by atoms with E-state index >= 15 is 0 Å². The van der Waals surface area contributed by atoms with Crippen molar-refractivity contribution in [2.24, 2.45) is 5.73 Å². The van der Waals surface area contributed by atoms with Crippen molar-refractivity contribution in [3.63, 3.8) is 0 Å². The number of hydrogen-bond donors (Lipinski definition) is 2. The Morgan fingerprint density at radius 2 is 1.31 bits per heavy atom. The number of urea groups is 1. The number of nitrogens with two attached hydrogens (primary N) is 1. The molecule has 0 bridgehead atoms. The third-order valence-electron chi connectivity index (χ3n) is 2.43. The van der Waals surface area contributed by atoms with Crippen LogP contribution in [0.1, 0.15) is 12.8 Å². The normalized spacial score (nSPS) is 13.8. The summed E-state index contributed by atoms with van der Waals surface area (Å²) in [5, 5.41) is 0. The van der Waals surface area contributed by atoms with Crippen molar-refractivity contribution in [3.8, 4) is 0 Å². The van der Waals surface area contributed by atoms with Crippen LogP contribution < -0.4 is 10.5 Å². The molecular formula is C9H12F12N2OSSi. The lowest BCUT2D eigenvalue weighted by Gasteiger charge is -2.35. The Bertz CT molecular complexity index is 458. The summed E-state index contributed by atoms with van der Waals surface area (Å²) in [4.78, 5) is 10.2. The van der Waals surface area contributed by atoms with Crippen LogP contribution >= 0.6 is 11.9 Å². The fourth-order valence-corrected chi connectivity index (χ4v) is 1.90. The summed E-state index contributed by atoms with van der Waals surface area (Å²) >= 11 is 0.166. The van der Waals surface area contributed by atoms with Gasteiger partial charge in [-0.25, -0.2) is 13.6 Å². The summed E-state index contributed by atoms with van der Waals surface area (Å²) < 4.78 is 150. The van der Waals surface area contributed by atoms with E-state index in [4.69, 9.17) is 0 Å². The second-order valence-electron chi connectivity index (χ2n) is 4.45. The third kappa shape index (κ3) is 6.96. The summed E-state index contributed by atoms with van der Waals surface area (Å²) in [5.41, 5.74) is 4.52. The molecule has 17 heteroatoms. The number of carbonyl (C=O) groups is 1. The minimum Gasteiger partial charge on any atom is -0.351 e. The monoisotopic (exact) mass is 452 g/mol. The van der Waals surface area contributed by atoms with E-state index in [1.807, 2.05) is 0 Å². The van der Waals surface area contributed by atoms with Crippen LogP contribution in [0.3, 0.4) is 0 Å². The van der Waals surface area contributed by atoms with Crippen molar-refractivity contribution in [1.29, 1.82) is 0 Å². The van der Waals surface area contributed by atoms with Gasteiger partial charge in [-0.2, -0.15) is 39.5 Å². The maximum Gasteiger partial charge on any atom is 0.460 e. The minimum atomic E-state index is -7.22. The molecule has 0 fully saturated rings. The Morgan fingerprint density at radius 3 is 1.65 bits per heavy atom. The molecule has 0 aliphatic heterocycles. The zero-order valence-corrected chi connectivity index (χ0v) is 15.4. The summed E-state index contributed by atoms with van der Waals surface area (Å²) in [6, 6.07) is -1.20. The molecule has 3 nitrogen and oxygen atoms in total. The maximum atomic E-state index is 13.2. The second-order valence-corrected chi connectivity index (χ2v) is 5.35. The molecule has 0 atom stereocenters. The Kier molecular flexibility index (Phi) is 9.71. The molecule has 0 heterocycles. The van der Waals surface area contributed by atoms with Crippen molar-refractivity contribution in [3.05, 3.63) is 0 Å². The smallest absolute Gasteiger partial charge is 0.351 e. The van der Waals surface area contributed by atoms with E-state index in [0.29, 0.717) is 0 Å². The lowest BCUT2D eigenvalue weighted by Crippen LogP contribution is -2.61. The van der Waals surface area contributed by atoms with Crippen molar-refractivity contribution in [2.75, 3.05) is 5.75 Å². The van der Waals surface area contributed by atoms with Crippen molar-refractivity contribution in [1.82, 2.24) is 4.72 Å². The molecule has 0 aromatic carbocycles. The van der Waals surface area contributed by atoms with Gasteiger partial charge in [-0.1, -0.05) is 0 Å². The average molecular weight is 452 g/mol. The highest BCUT2D eigenvalue weighted by molar-refractivity contribution is 7.97. The predicted molar refractivity (Wildman–Crippen MR) is 71.3 cm³/mol. The zero-order chi connectivity index (χ0) is 21.6. The van der Waals surface area contributed by atoms with Gasteiger partial charge in [0.15, 0.2) is 0 Å². The van der Waals surface area contributed by atoms with Crippen LogP contribution in [0.5, 0.6) is 0 Å². The average Bonchev–Trinajstić information content (AvgIpc) is 2.43. The van der Waals surface area contributed by atoms with Gasteiger partial charge in [0.1, 0.15) is 0 Å². The van der Waals surface area contributed by atoms with Gasteiger partial charge in [-0.05, 0) is 11.9 Å². The highest BCUT2D eigenvalue weighted by Gasteiger charge is 2.82. The fraction of sp³-hybridized carbons (Fsp3) is 0.889. The number of alkyl halides is 11. The van der Waals surface area contributed by atoms with E-state index in [1.54, 1.807) is 4.72 Å². The van der Waals surface area contributed by atoms with Crippen LogP contribution in [0.15, 0.2) is 0 Å². The number of nitrogens with one attached hydrogen (secondary N) is 1. The Morgan fingerprint density at radius 1 is 0.885 bits per heavy atom. The summed E-state index contributed by atoms with van der Waals surface area (Å²) in [5.74, 6) is -26.3. The number of amides is 2. The van der Waals surface area contributed by atoms with E-state index in [1.165, 1.54) is 0 Å². The lowest BCUT2D eigenvalue weighted by atomic mass is 9.97. The summed E-state index contributed by atoms with van der Waals surface area (Å²) in [6.45, 7) is 0. The number of hydrogen-bond acceptors (Lipinski definition) is 2. The highest BCUT2D eigenvalue weighted by atomic mass is 32.2. The topological polar surface area (TPSA) is 55.1 Å². The molecule has 0 rings (SSSR count). The van der Waals surface area contributed by atoms with E-state index in [-0.39, 0.29) is 22.5 Å². The van der Waals surface area contributed by atoms with Crippen LogP contribution in [-0.2, 0) is 0 Å². The molecule has 158 valence electrons. The van der Waals surface area contributed by atoms with E-state index in [9.17, 15) is 57.2 Å². The van der Waals surface area contributed by atoms with Crippen LogP contribution in [-0.4, -0.2) is 52.2 Å². The van der Waals surface area contributed by atoms with Crippen LogP contribution in [0.4, 0.5) is 57.2 Å². The molecule has 0 unspecified atom stereocenters. The van der Waals surface area contributed by atoms with Gasteiger partial charge in [0, 0.05) is 12.2 Å². The van der Waals surface area contributed by atoms with E-state index in [2.05, 4.69) is 5.73 Å². The van der Waals surface area contributed by atoms with Gasteiger partial charge in [-0.3, -0.25) is 4.72 Å². The molecule has 0 radical (unpaired) electrons. The van der Waals surface area contributed by atoms with Gasteiger partial charge in [0.05, 0.1) is 6.42 Å². The molecule has 26 heavy (non-hydrogen) atoms. The van der Waals surface area contributed by atoms with Gasteiger partial charge < -0.3 is 9.84 Å². The molecule has 3 N–H and O–H groups in total. The van der Waals surface area contributed by atoms with Crippen molar-refractivity contribution < 1.29 is 57.2 Å². The van der Waals surface area contributed by atoms with Gasteiger partial charge in [0.2, 0.25) is 10.6 Å². The SMILES string of the molecule is F[SiH3].NC(=O)NSCCC(F)(F)CC(F)(F)C(F)(F)C(F)(F)C(F)(F)F. The first-order valence-electron chi connectivity index (χ1n) is 6.00. The fourth-order valence-electron chi connectivity index (χ4n) is 1.25. The predicted octanol–water partition coefficient (Wildman–Crippen LogP) is 3.42. The zero-order valence-electron chi connectivity index (χ0n) is 12.6. The Balaban J connectivity index is 0. The first-order valence-corrected chi connectivity index (χ1v) is 7.74. The van der Waals surface area contributed by atoms with E-state index in [0.717, 1.165) is 0 Å². The number of rotatable bonds is 8. The molecular weight excluding hydrogens is 440 g/mol. The quantitative estimate of drug-likeness (QED) is 0.195. The lowest BCUT2D eigenvalue weighted by molar-refractivity contribution is -0.400. The van der Waals surface area contributed by atoms with Crippen LogP contribution in [0, 0.1) is 0 Å². The first-order chi connectivity index (χ1) is 11.4. The highest BCUT2D eigenvalue weighted by Crippen LogP contribution is 2.55. The molecule has 0 saturated heterocycles. The van der Waals surface area contributed by atoms with Gasteiger partial charge in [0.25, 0.3) is 5.92 Å². The first kappa shape index (κ1) is 27.2. The largest absolute Gasteiger partial charge is 0.460 e. The third-order valence-corrected chi connectivity index (χ3v) is 3.19. The molecule has 0 aliphatic rings. The summed E-state index contributed by atoms with van der Waals surface area (Å²) in [6.07, 6.45) is -12.0. The maximum absolute atomic E-state index is 13.2. The van der Waals surface area contributed by atoms with Crippen molar-refractivity contribution in [2.45, 2.75) is 42.7 Å². The molecule has 0 aliphatic carbocycles. The molecule has 0 aromatic rings. The standard InChI is InChI=1S/C9H9F11N2OS.FH3Si/c10-5(11,1-2-24-22-4(21)23)3-6(12,13)7(14,15)8(16,17)9(18,19)20;1-2/h1-3H2,(H3,21,22,23);2H3. The van der Waals surface area contributed by atoms with Crippen molar-refractivity contribution >= 4 is 28.6 Å². The molecule has 0 aromatic heterocycles. The number of halogens is 12. The Labute approximate surface area is 145 Å². The molecule has 0 spiro atoms. The number of primary amides is 1. The number of carbonyl (C=O) groups excluding carboxylic acids is 1.